The molecule has 172 valence electrons. The predicted octanol–water partition coefficient (Wildman–Crippen LogP) is 3.52. The molecule has 2 N–H and O–H groups in total. The van der Waals surface area contributed by atoms with Gasteiger partial charge in [-0.15, -0.1) is 0 Å². The van der Waals surface area contributed by atoms with Crippen LogP contribution in [0, 0.1) is 13.8 Å². The lowest BCUT2D eigenvalue weighted by molar-refractivity contribution is 0.0692. The molecule has 1 saturated heterocycles. The lowest BCUT2D eigenvalue weighted by Gasteiger charge is -2.32. The van der Waals surface area contributed by atoms with E-state index in [1.807, 2.05) is 38.1 Å². The molecule has 1 aromatic carbocycles. The van der Waals surface area contributed by atoms with Crippen LogP contribution in [0.25, 0.3) is 10.6 Å². The Kier molecular flexibility index (Phi) is 6.83. The number of thiazole rings is 1. The zero-order chi connectivity index (χ0) is 23.5. The molecule has 1 amide bonds. The van der Waals surface area contributed by atoms with Gasteiger partial charge in [0.15, 0.2) is 5.69 Å². The number of carbonyl (C=O) groups excluding carboxylic acids is 1. The van der Waals surface area contributed by atoms with Crippen molar-refractivity contribution in [3.05, 3.63) is 64.6 Å². The van der Waals surface area contributed by atoms with Crippen LogP contribution < -0.4 is 5.32 Å². The monoisotopic (exact) mass is 465 g/mol. The van der Waals surface area contributed by atoms with Crippen molar-refractivity contribution in [3.8, 4) is 10.6 Å². The number of carboxylic acids is 1. The zero-order valence-electron chi connectivity index (χ0n) is 19.0. The van der Waals surface area contributed by atoms with Gasteiger partial charge in [0.25, 0.3) is 5.91 Å². The highest BCUT2D eigenvalue weighted by atomic mass is 32.1. The van der Waals surface area contributed by atoms with E-state index >= 15 is 0 Å². The third-order valence-electron chi connectivity index (χ3n) is 5.60. The van der Waals surface area contributed by atoms with E-state index in [1.165, 1.54) is 0 Å². The van der Waals surface area contributed by atoms with Gasteiger partial charge >= 0.3 is 5.97 Å². The number of hydrogen-bond acceptors (Lipinski definition) is 7. The molecular formula is C24H27N5O3S. The number of carboxylic acid groups (broad SMARTS) is 1. The fraction of sp³-hybridized carbons (Fsp3) is 0.333. The second-order valence-electron chi connectivity index (χ2n) is 8.37. The number of benzene rings is 1. The van der Waals surface area contributed by atoms with Gasteiger partial charge in [0, 0.05) is 55.2 Å². The van der Waals surface area contributed by atoms with Gasteiger partial charge < -0.3 is 15.3 Å². The highest BCUT2D eigenvalue weighted by Gasteiger charge is 2.21. The van der Waals surface area contributed by atoms with Gasteiger partial charge in [-0.3, -0.25) is 14.7 Å². The molecule has 1 aliphatic heterocycles. The summed E-state index contributed by atoms with van der Waals surface area (Å²) >= 11 is 1.15. The maximum absolute atomic E-state index is 12.8. The van der Waals surface area contributed by atoms with Gasteiger partial charge in [-0.05, 0) is 50.7 Å². The molecule has 1 aliphatic rings. The molecule has 9 heteroatoms. The third-order valence-corrected chi connectivity index (χ3v) is 6.62. The Hall–Kier alpha value is -3.14. The Labute approximate surface area is 196 Å². The molecule has 0 unspecified atom stereocenters. The summed E-state index contributed by atoms with van der Waals surface area (Å²) in [5.74, 6) is -1.54. The second kappa shape index (κ2) is 9.78. The summed E-state index contributed by atoms with van der Waals surface area (Å²) in [7, 11) is 2.13. The van der Waals surface area contributed by atoms with Gasteiger partial charge in [0.1, 0.15) is 10.0 Å². The number of aryl methyl sites for hydroxylation is 2. The molecule has 0 saturated carbocycles. The summed E-state index contributed by atoms with van der Waals surface area (Å²) in [4.78, 5) is 37.9. The standard InChI is InChI=1S/C24H27N5O3S/c1-15-12-19(13-16(2)25-15)22-26-20(24(31)32)23(33-22)27-21(30)18-6-4-17(5-7-18)14-29-10-8-28(3)9-11-29/h4-7,12-13H,8-11,14H2,1-3H3,(H,27,30)(H,31,32). The van der Waals surface area contributed by atoms with E-state index in [4.69, 9.17) is 0 Å². The Balaban J connectivity index is 1.48. The number of likely N-dealkylation sites (N-methyl/N-ethyl adjacent to an activating group) is 1. The minimum absolute atomic E-state index is 0.165. The van der Waals surface area contributed by atoms with Crippen molar-refractivity contribution in [2.45, 2.75) is 20.4 Å². The highest BCUT2D eigenvalue weighted by molar-refractivity contribution is 7.19. The molecule has 8 nitrogen and oxygen atoms in total. The van der Waals surface area contributed by atoms with Crippen molar-refractivity contribution in [3.63, 3.8) is 0 Å². The van der Waals surface area contributed by atoms with Crippen LogP contribution in [0.5, 0.6) is 0 Å². The first kappa shape index (κ1) is 23.0. The summed E-state index contributed by atoms with van der Waals surface area (Å²) in [6.07, 6.45) is 0. The summed E-state index contributed by atoms with van der Waals surface area (Å²) in [6.45, 7) is 8.77. The maximum Gasteiger partial charge on any atom is 0.357 e. The molecule has 0 aliphatic carbocycles. The molecule has 0 bridgehead atoms. The number of hydrogen-bond donors (Lipinski definition) is 2. The van der Waals surface area contributed by atoms with E-state index in [0.29, 0.717) is 10.6 Å². The summed E-state index contributed by atoms with van der Waals surface area (Å²) in [5, 5.41) is 13.1. The smallest absolute Gasteiger partial charge is 0.357 e. The van der Waals surface area contributed by atoms with Gasteiger partial charge in [0.2, 0.25) is 0 Å². The number of nitrogens with one attached hydrogen (secondary N) is 1. The first-order valence-electron chi connectivity index (χ1n) is 10.8. The van der Waals surface area contributed by atoms with Crippen LogP contribution in [-0.4, -0.2) is 70.0 Å². The van der Waals surface area contributed by atoms with E-state index < -0.39 is 5.97 Å². The lowest BCUT2D eigenvalue weighted by atomic mass is 10.1. The molecule has 2 aromatic heterocycles. The van der Waals surface area contributed by atoms with E-state index in [-0.39, 0.29) is 16.6 Å². The van der Waals surface area contributed by atoms with E-state index in [0.717, 1.165) is 66.6 Å². The SMILES string of the molecule is Cc1cc(-c2nc(C(=O)O)c(NC(=O)c3ccc(CN4CCN(C)CC4)cc3)s2)cc(C)n1. The largest absolute Gasteiger partial charge is 0.476 e. The fourth-order valence-electron chi connectivity index (χ4n) is 3.83. The number of aromatic carboxylic acids is 1. The van der Waals surface area contributed by atoms with Crippen LogP contribution in [-0.2, 0) is 6.54 Å². The van der Waals surface area contributed by atoms with Crippen molar-refractivity contribution >= 4 is 28.2 Å². The maximum atomic E-state index is 12.8. The average molecular weight is 466 g/mol. The Morgan fingerprint density at radius 1 is 1.03 bits per heavy atom. The lowest BCUT2D eigenvalue weighted by Crippen LogP contribution is -2.43. The van der Waals surface area contributed by atoms with Crippen LogP contribution in [0.1, 0.15) is 37.8 Å². The van der Waals surface area contributed by atoms with Crippen LogP contribution in [0.3, 0.4) is 0 Å². The van der Waals surface area contributed by atoms with Gasteiger partial charge in [-0.1, -0.05) is 23.5 Å². The van der Waals surface area contributed by atoms with E-state index in [9.17, 15) is 14.7 Å². The first-order chi connectivity index (χ1) is 15.8. The average Bonchev–Trinajstić information content (AvgIpc) is 3.19. The molecule has 33 heavy (non-hydrogen) atoms. The summed E-state index contributed by atoms with van der Waals surface area (Å²) in [5.41, 5.74) is 3.87. The molecule has 0 radical (unpaired) electrons. The first-order valence-corrected chi connectivity index (χ1v) is 11.6. The van der Waals surface area contributed by atoms with Crippen LogP contribution in [0.15, 0.2) is 36.4 Å². The molecule has 3 aromatic rings. The minimum atomic E-state index is -1.18. The number of pyridine rings is 1. The van der Waals surface area contributed by atoms with Gasteiger partial charge in [-0.2, -0.15) is 0 Å². The number of rotatable bonds is 6. The zero-order valence-corrected chi connectivity index (χ0v) is 19.8. The highest BCUT2D eigenvalue weighted by Crippen LogP contribution is 2.33. The molecule has 1 fully saturated rings. The topological polar surface area (TPSA) is 98.7 Å². The number of aromatic nitrogens is 2. The summed E-state index contributed by atoms with van der Waals surface area (Å²) < 4.78 is 0. The molecule has 3 heterocycles. The molecule has 0 atom stereocenters. The van der Waals surface area contributed by atoms with Crippen molar-refractivity contribution in [1.29, 1.82) is 0 Å². The van der Waals surface area contributed by atoms with Crippen molar-refractivity contribution in [2.75, 3.05) is 38.5 Å². The number of piperazine rings is 1. The summed E-state index contributed by atoms with van der Waals surface area (Å²) in [6, 6.07) is 11.2. The minimum Gasteiger partial charge on any atom is -0.476 e. The van der Waals surface area contributed by atoms with Crippen molar-refractivity contribution in [1.82, 2.24) is 19.8 Å². The number of carbonyl (C=O) groups is 2. The Morgan fingerprint density at radius 2 is 1.67 bits per heavy atom. The van der Waals surface area contributed by atoms with Crippen LogP contribution in [0.4, 0.5) is 5.00 Å². The van der Waals surface area contributed by atoms with Gasteiger partial charge in [-0.25, -0.2) is 9.78 Å². The van der Waals surface area contributed by atoms with Gasteiger partial charge in [0.05, 0.1) is 0 Å². The second-order valence-corrected chi connectivity index (χ2v) is 9.37. The third kappa shape index (κ3) is 5.62. The number of anilines is 1. The quantitative estimate of drug-likeness (QED) is 0.575. The van der Waals surface area contributed by atoms with Crippen LogP contribution in [0.2, 0.25) is 0 Å². The molecule has 4 rings (SSSR count). The van der Waals surface area contributed by atoms with Crippen molar-refractivity contribution in [2.24, 2.45) is 0 Å². The van der Waals surface area contributed by atoms with Crippen LogP contribution >= 0.6 is 11.3 Å². The normalized spacial score (nSPS) is 14.9. The van der Waals surface area contributed by atoms with Crippen molar-refractivity contribution < 1.29 is 14.7 Å². The van der Waals surface area contributed by atoms with E-state index in [2.05, 4.69) is 32.1 Å². The number of nitrogens with zero attached hydrogens (tertiary/aromatic N) is 4. The Morgan fingerprint density at radius 3 is 2.27 bits per heavy atom. The van der Waals surface area contributed by atoms with E-state index in [1.54, 1.807) is 12.1 Å². The number of amides is 1. The Bertz CT molecular complexity index is 1150. The molecule has 0 spiro atoms. The molecular weight excluding hydrogens is 438 g/mol. The fourth-order valence-corrected chi connectivity index (χ4v) is 4.77. The predicted molar refractivity (Wildman–Crippen MR) is 129 cm³/mol.